The van der Waals surface area contributed by atoms with E-state index in [-0.39, 0.29) is 11.8 Å². The van der Waals surface area contributed by atoms with Gasteiger partial charge in [-0.2, -0.15) is 0 Å². The van der Waals surface area contributed by atoms with E-state index in [9.17, 15) is 18.6 Å². The fraction of sp³-hybridized carbons (Fsp3) is 0.296. The predicted octanol–water partition coefficient (Wildman–Crippen LogP) is 6.32. The summed E-state index contributed by atoms with van der Waals surface area (Å²) in [7, 11) is -3.18. The third kappa shape index (κ3) is 4.43. The van der Waals surface area contributed by atoms with Crippen LogP contribution in [0, 0.1) is 12.7 Å². The van der Waals surface area contributed by atoms with Crippen LogP contribution >= 0.6 is 10.8 Å². The fourth-order valence-corrected chi connectivity index (χ4v) is 7.12. The zero-order chi connectivity index (χ0) is 24.8. The molecule has 1 aromatic heterocycles. The monoisotopic (exact) mass is 495 g/mol. The van der Waals surface area contributed by atoms with Gasteiger partial charge in [-0.05, 0) is 80.3 Å². The van der Waals surface area contributed by atoms with Crippen molar-refractivity contribution < 1.29 is 18.6 Å². The molecule has 0 aliphatic carbocycles. The summed E-state index contributed by atoms with van der Waals surface area (Å²) in [6.45, 7) is 5.53. The number of piperidine rings is 1. The molecule has 2 aliphatic heterocycles. The van der Waals surface area contributed by atoms with Crippen LogP contribution in [0.25, 0.3) is 11.3 Å². The zero-order valence-corrected chi connectivity index (χ0v) is 20.6. The van der Waals surface area contributed by atoms with Gasteiger partial charge >= 0.3 is 0 Å². The highest BCUT2D eigenvalue weighted by atomic mass is 32.3. The Labute approximate surface area is 206 Å². The van der Waals surface area contributed by atoms with E-state index < -0.39 is 22.1 Å². The van der Waals surface area contributed by atoms with Crippen molar-refractivity contribution in [3.8, 4) is 17.0 Å². The molecule has 0 amide bonds. The first-order valence-electron chi connectivity index (χ1n) is 11.7. The Morgan fingerprint density at radius 1 is 1.14 bits per heavy atom. The van der Waals surface area contributed by atoms with E-state index in [1.807, 2.05) is 37.3 Å². The van der Waals surface area contributed by atoms with Crippen molar-refractivity contribution in [2.75, 3.05) is 10.8 Å². The molecule has 0 radical (unpaired) electrons. The molecule has 0 bridgehead atoms. The van der Waals surface area contributed by atoms with Crippen LogP contribution in [0.4, 0.5) is 10.1 Å². The highest BCUT2D eigenvalue weighted by Gasteiger charge is 2.49. The van der Waals surface area contributed by atoms with Gasteiger partial charge in [0.25, 0.3) is 0 Å². The molecular weight excluding hydrogens is 465 g/mol. The number of hydrogen-bond donors (Lipinski definition) is 3. The number of anilines is 1. The van der Waals surface area contributed by atoms with Gasteiger partial charge in [0.05, 0.1) is 16.9 Å². The molecule has 3 aromatic rings. The molecule has 0 saturated carbocycles. The molecule has 1 saturated heterocycles. The number of aryl methyl sites for hydroxylation is 1. The molecule has 2 aliphatic rings. The average molecular weight is 496 g/mol. The number of hydrogen-bond acceptors (Lipinski definition) is 6. The standard InChI is InChI=1S/C27H30FN3O3S/c1-19-5-4-12-29-26(19)24-15-21(8-9-25(24)32)18-30-13-10-27(17-20(30)2)11-14-35(33,34)31(27)23-7-3-6-22(28)16-23/h3-9,11-12,14-16,20,32-34H,10,13,17-18H2,1-2H3/t20-,27-/m0/s1. The molecule has 2 aromatic carbocycles. The van der Waals surface area contributed by atoms with E-state index in [2.05, 4.69) is 16.8 Å². The van der Waals surface area contributed by atoms with Crippen molar-refractivity contribution in [2.24, 2.45) is 0 Å². The van der Waals surface area contributed by atoms with Gasteiger partial charge in [0, 0.05) is 36.3 Å². The summed E-state index contributed by atoms with van der Waals surface area (Å²) in [5.74, 6) is -0.204. The lowest BCUT2D eigenvalue weighted by molar-refractivity contribution is 0.119. The van der Waals surface area contributed by atoms with Gasteiger partial charge in [-0.3, -0.25) is 23.3 Å². The van der Waals surface area contributed by atoms with Crippen LogP contribution in [0.2, 0.25) is 0 Å². The first kappa shape index (κ1) is 23.8. The summed E-state index contributed by atoms with van der Waals surface area (Å²) in [6.07, 6.45) is 4.96. The SMILES string of the molecule is Cc1cccnc1-c1cc(CN2CC[C@]3(C=CS(O)(O)N3c3cccc(F)c3)C[C@@H]2C)ccc1O. The Morgan fingerprint density at radius 2 is 1.97 bits per heavy atom. The summed E-state index contributed by atoms with van der Waals surface area (Å²) in [5.41, 5.74) is 3.44. The Morgan fingerprint density at radius 3 is 2.71 bits per heavy atom. The number of nitrogens with zero attached hydrogens (tertiary/aromatic N) is 3. The number of pyridine rings is 1. The summed E-state index contributed by atoms with van der Waals surface area (Å²) in [5, 5.41) is 12.0. The first-order chi connectivity index (χ1) is 16.7. The predicted molar refractivity (Wildman–Crippen MR) is 139 cm³/mol. The molecule has 6 nitrogen and oxygen atoms in total. The van der Waals surface area contributed by atoms with Crippen LogP contribution in [0.1, 0.15) is 30.9 Å². The summed E-state index contributed by atoms with van der Waals surface area (Å²) < 4.78 is 37.2. The van der Waals surface area contributed by atoms with E-state index in [4.69, 9.17) is 0 Å². The van der Waals surface area contributed by atoms with Gasteiger partial charge in [0.15, 0.2) is 0 Å². The van der Waals surface area contributed by atoms with E-state index >= 15 is 0 Å². The number of phenols is 1. The van der Waals surface area contributed by atoms with Crippen LogP contribution in [-0.2, 0) is 6.54 Å². The number of likely N-dealkylation sites (tertiary alicyclic amines) is 1. The highest BCUT2D eigenvalue weighted by molar-refractivity contribution is 8.28. The fourth-order valence-electron chi connectivity index (χ4n) is 5.37. The first-order valence-corrected chi connectivity index (χ1v) is 13.3. The third-order valence-electron chi connectivity index (χ3n) is 7.09. The minimum Gasteiger partial charge on any atom is -0.507 e. The van der Waals surface area contributed by atoms with Crippen molar-refractivity contribution in [1.82, 2.24) is 9.88 Å². The largest absolute Gasteiger partial charge is 0.507 e. The van der Waals surface area contributed by atoms with Gasteiger partial charge < -0.3 is 5.11 Å². The Balaban J connectivity index is 1.38. The molecule has 8 heteroatoms. The highest BCUT2D eigenvalue weighted by Crippen LogP contribution is 2.60. The second kappa shape index (κ2) is 8.95. The maximum absolute atomic E-state index is 14.0. The molecule has 2 atom stereocenters. The lowest BCUT2D eigenvalue weighted by atomic mass is 9.83. The molecule has 3 heterocycles. The lowest BCUT2D eigenvalue weighted by Gasteiger charge is -2.52. The lowest BCUT2D eigenvalue weighted by Crippen LogP contribution is -2.55. The van der Waals surface area contributed by atoms with Crippen LogP contribution in [0.3, 0.4) is 0 Å². The average Bonchev–Trinajstić information content (AvgIpc) is 3.07. The van der Waals surface area contributed by atoms with Crippen molar-refractivity contribution in [1.29, 1.82) is 0 Å². The third-order valence-corrected chi connectivity index (χ3v) is 8.71. The summed E-state index contributed by atoms with van der Waals surface area (Å²) in [6, 6.07) is 15.7. The normalized spacial score (nSPS) is 24.7. The van der Waals surface area contributed by atoms with Crippen LogP contribution in [0.5, 0.6) is 5.75 Å². The van der Waals surface area contributed by atoms with Gasteiger partial charge in [-0.15, -0.1) is 0 Å². The number of benzene rings is 2. The number of rotatable bonds is 4. The van der Waals surface area contributed by atoms with Crippen LogP contribution in [0.15, 0.2) is 72.3 Å². The van der Waals surface area contributed by atoms with Crippen molar-refractivity contribution in [3.63, 3.8) is 0 Å². The number of phenolic OH excluding ortho intramolecular Hbond substituents is 1. The number of aromatic hydroxyl groups is 1. The Bertz CT molecular complexity index is 1280. The van der Waals surface area contributed by atoms with Gasteiger partial charge in [0.2, 0.25) is 0 Å². The quantitative estimate of drug-likeness (QED) is 0.393. The van der Waals surface area contributed by atoms with Crippen LogP contribution in [-0.4, -0.2) is 42.2 Å². The molecule has 3 N–H and O–H groups in total. The Kier molecular flexibility index (Phi) is 6.09. The number of halogens is 1. The van der Waals surface area contributed by atoms with E-state index in [0.29, 0.717) is 30.6 Å². The molecule has 1 fully saturated rings. The van der Waals surface area contributed by atoms with Crippen molar-refractivity contribution >= 4 is 16.5 Å². The molecule has 35 heavy (non-hydrogen) atoms. The van der Waals surface area contributed by atoms with Crippen molar-refractivity contribution in [2.45, 2.75) is 44.8 Å². The van der Waals surface area contributed by atoms with E-state index in [0.717, 1.165) is 23.4 Å². The summed E-state index contributed by atoms with van der Waals surface area (Å²) >= 11 is 0. The smallest absolute Gasteiger partial charge is 0.125 e. The Hall–Kier alpha value is -2.91. The molecule has 184 valence electrons. The molecule has 1 spiro atoms. The minimum atomic E-state index is -3.18. The topological polar surface area (TPSA) is 80.1 Å². The maximum Gasteiger partial charge on any atom is 0.125 e. The van der Waals surface area contributed by atoms with Gasteiger partial charge in [0.1, 0.15) is 11.6 Å². The van der Waals surface area contributed by atoms with Gasteiger partial charge in [-0.25, -0.2) is 4.39 Å². The maximum atomic E-state index is 14.0. The second-order valence-corrected chi connectivity index (χ2v) is 11.3. The zero-order valence-electron chi connectivity index (χ0n) is 19.8. The van der Waals surface area contributed by atoms with E-state index in [1.165, 1.54) is 17.5 Å². The van der Waals surface area contributed by atoms with Gasteiger partial charge in [-0.1, -0.05) is 29.0 Å². The van der Waals surface area contributed by atoms with E-state index in [1.54, 1.807) is 28.7 Å². The van der Waals surface area contributed by atoms with Crippen molar-refractivity contribution in [3.05, 3.63) is 89.2 Å². The summed E-state index contributed by atoms with van der Waals surface area (Å²) in [4.78, 5) is 6.81. The molecule has 5 rings (SSSR count). The molecule has 0 unspecified atom stereocenters. The van der Waals surface area contributed by atoms with Crippen LogP contribution < -0.4 is 4.31 Å². The second-order valence-electron chi connectivity index (χ2n) is 9.54. The minimum absolute atomic E-state index is 0.131. The molecular formula is C27H30FN3O3S. The number of aromatic nitrogens is 1.